The lowest BCUT2D eigenvalue weighted by Crippen LogP contribution is -2.41. The summed E-state index contributed by atoms with van der Waals surface area (Å²) in [5.41, 5.74) is -0.151. The zero-order chi connectivity index (χ0) is 19.0. The molecular weight excluding hydrogens is 343 g/mol. The van der Waals surface area contributed by atoms with E-state index in [1.54, 1.807) is 13.0 Å². The van der Waals surface area contributed by atoms with Crippen LogP contribution in [0, 0.1) is 12.7 Å². The van der Waals surface area contributed by atoms with Gasteiger partial charge < -0.3 is 10.4 Å². The van der Waals surface area contributed by atoms with Crippen LogP contribution in [0.3, 0.4) is 0 Å². The molecule has 0 spiro atoms. The summed E-state index contributed by atoms with van der Waals surface area (Å²) in [6, 6.07) is 4.39. The fraction of sp³-hybridized carbons (Fsp3) is 0.294. The molecule has 0 unspecified atom stereocenters. The summed E-state index contributed by atoms with van der Waals surface area (Å²) in [5.74, 6) is -2.13. The van der Waals surface area contributed by atoms with E-state index in [4.69, 9.17) is 0 Å². The molecule has 1 aliphatic heterocycles. The molecule has 2 aromatic rings. The number of nitrogens with zero attached hydrogens (tertiary/aromatic N) is 3. The SMILES string of the molecule is Cc1cc(CNC(=O)c2nc3n(c(=O)c2O)CCC(=O)N3C)ccc1F. The maximum absolute atomic E-state index is 13.3. The first-order valence-corrected chi connectivity index (χ1v) is 7.93. The average molecular weight is 360 g/mol. The topological polar surface area (TPSA) is 105 Å². The van der Waals surface area contributed by atoms with E-state index >= 15 is 0 Å². The van der Waals surface area contributed by atoms with Gasteiger partial charge in [-0.25, -0.2) is 9.37 Å². The molecule has 2 N–H and O–H groups in total. The van der Waals surface area contributed by atoms with Crippen LogP contribution in [-0.4, -0.2) is 33.5 Å². The van der Waals surface area contributed by atoms with E-state index in [1.165, 1.54) is 24.1 Å². The highest BCUT2D eigenvalue weighted by Gasteiger charge is 2.28. The molecule has 26 heavy (non-hydrogen) atoms. The number of aromatic nitrogens is 2. The molecule has 1 aliphatic rings. The molecule has 0 saturated heterocycles. The second-order valence-electron chi connectivity index (χ2n) is 6.03. The summed E-state index contributed by atoms with van der Waals surface area (Å²) < 4.78 is 14.4. The number of halogens is 1. The van der Waals surface area contributed by atoms with E-state index in [1.807, 2.05) is 0 Å². The van der Waals surface area contributed by atoms with E-state index < -0.39 is 22.9 Å². The quantitative estimate of drug-likeness (QED) is 0.838. The number of carbonyl (C=O) groups excluding carboxylic acids is 2. The maximum atomic E-state index is 13.3. The zero-order valence-corrected chi connectivity index (χ0v) is 14.2. The smallest absolute Gasteiger partial charge is 0.297 e. The lowest BCUT2D eigenvalue weighted by atomic mass is 10.1. The number of amides is 2. The summed E-state index contributed by atoms with van der Waals surface area (Å²) in [6.45, 7) is 1.76. The fourth-order valence-electron chi connectivity index (χ4n) is 2.72. The number of rotatable bonds is 3. The Morgan fingerprint density at radius 2 is 2.12 bits per heavy atom. The Morgan fingerprint density at radius 3 is 2.81 bits per heavy atom. The number of hydrogen-bond donors (Lipinski definition) is 2. The Kier molecular flexibility index (Phi) is 4.45. The van der Waals surface area contributed by atoms with Crippen LogP contribution < -0.4 is 15.8 Å². The average Bonchev–Trinajstić information content (AvgIpc) is 2.62. The number of benzene rings is 1. The predicted octanol–water partition coefficient (Wildman–Crippen LogP) is 0.693. The minimum atomic E-state index is -0.780. The van der Waals surface area contributed by atoms with Gasteiger partial charge in [-0.15, -0.1) is 0 Å². The number of anilines is 1. The van der Waals surface area contributed by atoms with Crippen molar-refractivity contribution in [3.8, 4) is 5.75 Å². The molecule has 0 fully saturated rings. The summed E-state index contributed by atoms with van der Waals surface area (Å²) in [5, 5.41) is 12.6. The lowest BCUT2D eigenvalue weighted by Gasteiger charge is -2.26. The Bertz CT molecular complexity index is 970. The number of nitrogens with one attached hydrogen (secondary N) is 1. The highest BCUT2D eigenvalue weighted by atomic mass is 19.1. The summed E-state index contributed by atoms with van der Waals surface area (Å²) >= 11 is 0. The summed E-state index contributed by atoms with van der Waals surface area (Å²) in [6.07, 6.45) is 0.111. The van der Waals surface area contributed by atoms with Crippen molar-refractivity contribution in [2.75, 3.05) is 11.9 Å². The second-order valence-corrected chi connectivity index (χ2v) is 6.03. The number of aryl methyl sites for hydroxylation is 1. The van der Waals surface area contributed by atoms with Crippen molar-refractivity contribution in [2.24, 2.45) is 0 Å². The number of carbonyl (C=O) groups is 2. The number of fused-ring (bicyclic) bond motifs is 1. The minimum absolute atomic E-state index is 0.00632. The van der Waals surface area contributed by atoms with Gasteiger partial charge in [0.05, 0.1) is 0 Å². The molecule has 1 aromatic carbocycles. The standard InChI is InChI=1S/C17H17FN4O4/c1-9-7-10(3-4-11(9)18)8-19-15(25)13-14(24)16(26)22-6-5-12(23)21(2)17(22)20-13/h3-4,7,24H,5-6,8H2,1-2H3,(H,19,25). The Balaban J connectivity index is 1.87. The third-order valence-corrected chi connectivity index (χ3v) is 4.24. The van der Waals surface area contributed by atoms with Crippen molar-refractivity contribution in [1.82, 2.24) is 14.9 Å². The molecule has 0 aliphatic carbocycles. The highest BCUT2D eigenvalue weighted by Crippen LogP contribution is 2.20. The monoisotopic (exact) mass is 360 g/mol. The Morgan fingerprint density at radius 1 is 1.38 bits per heavy atom. The van der Waals surface area contributed by atoms with E-state index in [2.05, 4.69) is 10.3 Å². The first-order chi connectivity index (χ1) is 12.3. The highest BCUT2D eigenvalue weighted by molar-refractivity contribution is 5.96. The predicted molar refractivity (Wildman–Crippen MR) is 90.5 cm³/mol. The number of hydrogen-bond acceptors (Lipinski definition) is 5. The summed E-state index contributed by atoms with van der Waals surface area (Å²) in [7, 11) is 1.44. The Hall–Kier alpha value is -3.23. The van der Waals surface area contributed by atoms with Gasteiger partial charge in [-0.3, -0.25) is 23.9 Å². The Labute approximate surface area is 147 Å². The molecule has 8 nitrogen and oxygen atoms in total. The van der Waals surface area contributed by atoms with Crippen LogP contribution in [0.15, 0.2) is 23.0 Å². The number of aromatic hydroxyl groups is 1. The van der Waals surface area contributed by atoms with Gasteiger partial charge in [0.25, 0.3) is 11.5 Å². The molecule has 2 heterocycles. The second kappa shape index (κ2) is 6.58. The van der Waals surface area contributed by atoms with Gasteiger partial charge >= 0.3 is 0 Å². The third kappa shape index (κ3) is 3.03. The van der Waals surface area contributed by atoms with Gasteiger partial charge in [0, 0.05) is 26.6 Å². The van der Waals surface area contributed by atoms with Gasteiger partial charge in [-0.1, -0.05) is 12.1 Å². The van der Waals surface area contributed by atoms with Crippen LogP contribution in [-0.2, 0) is 17.9 Å². The molecule has 136 valence electrons. The van der Waals surface area contributed by atoms with E-state index in [9.17, 15) is 23.9 Å². The van der Waals surface area contributed by atoms with Crippen molar-refractivity contribution in [1.29, 1.82) is 0 Å². The van der Waals surface area contributed by atoms with Crippen LogP contribution in [0.1, 0.15) is 28.0 Å². The maximum Gasteiger partial charge on any atom is 0.297 e. The van der Waals surface area contributed by atoms with Gasteiger partial charge in [0.15, 0.2) is 5.69 Å². The normalized spacial score (nSPS) is 13.5. The van der Waals surface area contributed by atoms with Crippen LogP contribution in [0.2, 0.25) is 0 Å². The van der Waals surface area contributed by atoms with E-state index in [0.717, 1.165) is 4.57 Å². The van der Waals surface area contributed by atoms with E-state index in [0.29, 0.717) is 11.1 Å². The van der Waals surface area contributed by atoms with Crippen molar-refractivity contribution in [2.45, 2.75) is 26.4 Å². The molecule has 0 saturated carbocycles. The minimum Gasteiger partial charge on any atom is -0.501 e. The van der Waals surface area contributed by atoms with Crippen LogP contribution >= 0.6 is 0 Å². The fourth-order valence-corrected chi connectivity index (χ4v) is 2.72. The van der Waals surface area contributed by atoms with Gasteiger partial charge in [-0.05, 0) is 24.1 Å². The van der Waals surface area contributed by atoms with Crippen LogP contribution in [0.5, 0.6) is 5.75 Å². The zero-order valence-electron chi connectivity index (χ0n) is 14.2. The van der Waals surface area contributed by atoms with Crippen LogP contribution in [0.25, 0.3) is 0 Å². The third-order valence-electron chi connectivity index (χ3n) is 4.24. The molecule has 1 aromatic heterocycles. The molecule has 3 rings (SSSR count). The van der Waals surface area contributed by atoms with Crippen LogP contribution in [0.4, 0.5) is 10.3 Å². The van der Waals surface area contributed by atoms with Crippen molar-refractivity contribution in [3.05, 3.63) is 51.2 Å². The van der Waals surface area contributed by atoms with Gasteiger partial charge in [-0.2, -0.15) is 0 Å². The summed E-state index contributed by atoms with van der Waals surface area (Å²) in [4.78, 5) is 41.6. The lowest BCUT2D eigenvalue weighted by molar-refractivity contribution is -0.119. The van der Waals surface area contributed by atoms with Crippen molar-refractivity contribution < 1.29 is 19.1 Å². The molecule has 0 radical (unpaired) electrons. The largest absolute Gasteiger partial charge is 0.501 e. The van der Waals surface area contributed by atoms with Crippen molar-refractivity contribution in [3.63, 3.8) is 0 Å². The van der Waals surface area contributed by atoms with E-state index in [-0.39, 0.29) is 37.2 Å². The molecule has 0 atom stereocenters. The van der Waals surface area contributed by atoms with Crippen molar-refractivity contribution >= 4 is 17.8 Å². The molecule has 2 amide bonds. The first-order valence-electron chi connectivity index (χ1n) is 7.93. The molecular formula is C17H17FN4O4. The first kappa shape index (κ1) is 17.6. The molecule has 0 bridgehead atoms. The molecule has 9 heteroatoms. The van der Waals surface area contributed by atoms with Gasteiger partial charge in [0.2, 0.25) is 17.6 Å². The van der Waals surface area contributed by atoms with Gasteiger partial charge in [0.1, 0.15) is 5.82 Å².